The van der Waals surface area contributed by atoms with Crippen molar-refractivity contribution in [3.8, 4) is 0 Å². The number of nitrogens with zero attached hydrogens (tertiary/aromatic N) is 2. The normalized spacial score (nSPS) is 25.5. The van der Waals surface area contributed by atoms with E-state index >= 15 is 0 Å². The zero-order valence-corrected chi connectivity index (χ0v) is 41.4. The first-order valence-corrected chi connectivity index (χ1v) is 23.0. The van der Waals surface area contributed by atoms with Crippen LogP contribution in [0.2, 0.25) is 0 Å². The van der Waals surface area contributed by atoms with Gasteiger partial charge in [-0.3, -0.25) is 38.6 Å². The summed E-state index contributed by atoms with van der Waals surface area (Å²) >= 11 is 0. The Morgan fingerprint density at radius 1 is 0.857 bits per heavy atom. The Labute approximate surface area is 408 Å². The molecular weight excluding hydrogens is 909 g/mol. The highest BCUT2D eigenvalue weighted by molar-refractivity contribution is 6.00. The molecule has 386 valence electrons. The van der Waals surface area contributed by atoms with Crippen molar-refractivity contribution < 1.29 is 58.1 Å². The van der Waals surface area contributed by atoms with Gasteiger partial charge in [-0.2, -0.15) is 0 Å². The number of ether oxygens (including phenoxy) is 1. The maximum absolute atomic E-state index is 14.2. The second kappa shape index (κ2) is 28.4. The van der Waals surface area contributed by atoms with Crippen LogP contribution in [0.1, 0.15) is 79.7 Å². The molecule has 1 saturated heterocycles. The van der Waals surface area contributed by atoms with Crippen LogP contribution in [-0.4, -0.2) is 137 Å². The van der Waals surface area contributed by atoms with Gasteiger partial charge in [-0.25, -0.2) is 9.59 Å². The summed E-state index contributed by atoms with van der Waals surface area (Å²) in [6, 6.07) is 0.988. The molecule has 22 heteroatoms. The predicted molar refractivity (Wildman–Crippen MR) is 260 cm³/mol. The summed E-state index contributed by atoms with van der Waals surface area (Å²) in [6.45, 7) is 14.6. The molecule has 70 heavy (non-hydrogen) atoms. The number of nitrogens with two attached hydrogens (primary N) is 2. The van der Waals surface area contributed by atoms with Gasteiger partial charge in [0.2, 0.25) is 35.4 Å². The molecule has 12 N–H and O–H groups in total. The number of nitrogens with one attached hydrogen (secondary N) is 6. The molecule has 0 aliphatic carbocycles. The van der Waals surface area contributed by atoms with Gasteiger partial charge in [0.05, 0.1) is 24.0 Å². The Kier molecular flexibility index (Phi) is 24.0. The first-order chi connectivity index (χ1) is 32.8. The number of aliphatic imine (C=N–C) groups is 1. The van der Waals surface area contributed by atoms with Crippen molar-refractivity contribution in [3.63, 3.8) is 0 Å². The van der Waals surface area contributed by atoms with Gasteiger partial charge in [-0.05, 0) is 51.0 Å². The van der Waals surface area contributed by atoms with Crippen molar-refractivity contribution in [1.82, 2.24) is 36.8 Å². The highest BCUT2D eigenvalue weighted by Crippen LogP contribution is 2.19. The minimum absolute atomic E-state index is 0.0145. The number of rotatable bonds is 14. The number of methoxy groups -OCH3 is 1. The lowest BCUT2D eigenvalue weighted by atomic mass is 9.94. The Morgan fingerprint density at radius 2 is 1.49 bits per heavy atom. The minimum Gasteiger partial charge on any atom is -0.480 e. The second-order valence-corrected chi connectivity index (χ2v) is 17.8. The van der Waals surface area contributed by atoms with Crippen molar-refractivity contribution in [2.45, 2.75) is 123 Å². The van der Waals surface area contributed by atoms with Gasteiger partial charge < -0.3 is 63.2 Å². The molecule has 1 aliphatic heterocycles. The summed E-state index contributed by atoms with van der Waals surface area (Å²) in [7, 11) is 2.82. The zero-order valence-electron chi connectivity index (χ0n) is 41.4. The Bertz CT molecular complexity index is 2140. The molecule has 10 atom stereocenters. The largest absolute Gasteiger partial charge is 0.480 e. The lowest BCUT2D eigenvalue weighted by Crippen LogP contribution is -2.59. The summed E-state index contributed by atoms with van der Waals surface area (Å²) < 4.78 is 5.80. The summed E-state index contributed by atoms with van der Waals surface area (Å²) in [6.07, 6.45) is 4.65. The van der Waals surface area contributed by atoms with Crippen LogP contribution in [0.3, 0.4) is 0 Å². The fraction of sp³-hybridized carbons (Fsp3) is 0.542. The van der Waals surface area contributed by atoms with E-state index in [1.807, 2.05) is 50.3 Å². The second-order valence-electron chi connectivity index (χ2n) is 17.8. The third-order valence-corrected chi connectivity index (χ3v) is 11.9. The van der Waals surface area contributed by atoms with E-state index in [1.165, 1.54) is 27.8 Å². The lowest BCUT2D eigenvalue weighted by Gasteiger charge is -2.29. The van der Waals surface area contributed by atoms with Gasteiger partial charge in [0.1, 0.15) is 35.9 Å². The molecule has 1 aromatic rings. The highest BCUT2D eigenvalue weighted by Gasteiger charge is 2.38. The van der Waals surface area contributed by atoms with E-state index in [-0.39, 0.29) is 37.4 Å². The van der Waals surface area contributed by atoms with Gasteiger partial charge in [-0.1, -0.05) is 95.3 Å². The fourth-order valence-corrected chi connectivity index (χ4v) is 7.26. The fourth-order valence-electron chi connectivity index (χ4n) is 7.26. The molecule has 0 radical (unpaired) electrons. The molecule has 0 saturated carbocycles. The predicted octanol–water partition coefficient (Wildman–Crippen LogP) is 0.228. The number of aliphatic carboxylic acids is 2. The number of likely N-dealkylation sites (N-methyl/N-ethyl adjacent to an activating group) is 1. The van der Waals surface area contributed by atoms with Gasteiger partial charge in [-0.15, -0.1) is 0 Å². The number of carboxylic acids is 2. The van der Waals surface area contributed by atoms with Crippen LogP contribution in [0, 0.1) is 23.7 Å². The smallest absolute Gasteiger partial charge is 0.327 e. The molecule has 22 nitrogen and oxygen atoms in total. The van der Waals surface area contributed by atoms with E-state index in [0.29, 0.717) is 6.42 Å². The summed E-state index contributed by atoms with van der Waals surface area (Å²) in [5.74, 6) is -13.0. The summed E-state index contributed by atoms with van der Waals surface area (Å²) in [4.78, 5) is 125. The Balaban J connectivity index is 2.66. The van der Waals surface area contributed by atoms with Crippen molar-refractivity contribution in [2.75, 3.05) is 20.7 Å². The zero-order chi connectivity index (χ0) is 53.0. The molecule has 10 unspecified atom stereocenters. The van der Waals surface area contributed by atoms with Crippen molar-refractivity contribution >= 4 is 59.2 Å². The number of carbonyl (C=O) groups is 9. The molecular formula is C48H72N10O12. The van der Waals surface area contributed by atoms with Crippen LogP contribution in [0.25, 0.3) is 0 Å². The highest BCUT2D eigenvalue weighted by atomic mass is 16.5. The third-order valence-electron chi connectivity index (χ3n) is 11.9. The lowest BCUT2D eigenvalue weighted by molar-refractivity contribution is -0.146. The maximum Gasteiger partial charge on any atom is 0.327 e. The Morgan fingerprint density at radius 3 is 2.06 bits per heavy atom. The first-order valence-electron chi connectivity index (χ1n) is 23.0. The van der Waals surface area contributed by atoms with E-state index < -0.39 is 126 Å². The van der Waals surface area contributed by atoms with Crippen molar-refractivity contribution in [1.29, 1.82) is 0 Å². The van der Waals surface area contributed by atoms with Gasteiger partial charge in [0, 0.05) is 33.0 Å². The topological polar surface area (TPSA) is 343 Å². The molecule has 1 heterocycles. The number of hydrogen-bond acceptors (Lipinski definition) is 11. The first kappa shape index (κ1) is 59.0. The molecule has 1 fully saturated rings. The van der Waals surface area contributed by atoms with E-state index in [4.69, 9.17) is 16.2 Å². The van der Waals surface area contributed by atoms with Crippen molar-refractivity contribution in [3.05, 3.63) is 72.0 Å². The molecule has 2 rings (SSSR count). The molecule has 1 aliphatic rings. The monoisotopic (exact) mass is 981 g/mol. The van der Waals surface area contributed by atoms with Crippen LogP contribution in [0.15, 0.2) is 71.4 Å². The Hall–Kier alpha value is -7.10. The summed E-state index contributed by atoms with van der Waals surface area (Å²) in [5.41, 5.74) is 12.2. The number of benzene rings is 1. The number of carbonyl (C=O) groups excluding carboxylic acids is 7. The molecule has 0 bridgehead atoms. The average molecular weight is 981 g/mol. The van der Waals surface area contributed by atoms with Crippen LogP contribution >= 0.6 is 0 Å². The van der Waals surface area contributed by atoms with Crippen LogP contribution in [-0.2, 0) is 54.3 Å². The number of hydrogen-bond donors (Lipinski definition) is 10. The van der Waals surface area contributed by atoms with E-state index in [9.17, 15) is 53.4 Å². The van der Waals surface area contributed by atoms with E-state index in [2.05, 4.69) is 43.5 Å². The molecule has 0 spiro atoms. The quantitative estimate of drug-likeness (QED) is 0.0393. The van der Waals surface area contributed by atoms with Gasteiger partial charge in [0.25, 0.3) is 5.91 Å². The number of carboxylic acid groups (broad SMARTS) is 2. The van der Waals surface area contributed by atoms with Crippen LogP contribution < -0.4 is 43.4 Å². The van der Waals surface area contributed by atoms with Gasteiger partial charge >= 0.3 is 11.9 Å². The number of guanidine groups is 1. The molecule has 7 amide bonds. The molecule has 1 aromatic carbocycles. The maximum atomic E-state index is 14.2. The number of allylic oxidation sites excluding steroid dienone is 2. The minimum atomic E-state index is -1.90. The standard InChI is InChI=1S/C48H72N10O12/c1-25(2)38-45(65)53-33(19-18-26(3)23-27(4)36(70-10)24-32-15-12-11-13-16-32)28(5)40(60)55-35(46(66)67)20-21-37(59)58(9)31(8)43(63)52-30(7)42(62)54-34(17-14-22-51-48(49)50)44(64)57-39(47(68)69)29(6)41(61)56-38/h11-13,15-16,18-19,23,25,27-30,33-36,38-39H,8,14,17,20-22,24H2,1-7,9-10H3,(H,52,63)(H,53,65)(H,54,62)(H,55,60)(H,56,61)(H,57,64)(H,66,67)(H,68,69)(H4,49,50,51). The van der Waals surface area contributed by atoms with Gasteiger partial charge in [0.15, 0.2) is 5.96 Å². The molecule has 0 aromatic heterocycles. The number of amides is 7. The average Bonchev–Trinajstić information content (AvgIpc) is 3.30. The summed E-state index contributed by atoms with van der Waals surface area (Å²) in [5, 5.41) is 35.3. The van der Waals surface area contributed by atoms with Crippen LogP contribution in [0.4, 0.5) is 0 Å². The van der Waals surface area contributed by atoms with Crippen molar-refractivity contribution in [2.24, 2.45) is 40.1 Å². The third kappa shape index (κ3) is 18.8. The van der Waals surface area contributed by atoms with E-state index in [1.54, 1.807) is 33.1 Å². The SMILES string of the molecule is C=C1C(=O)NC(C)C(=O)NC(CCCN=C(N)N)C(=O)NC(C(=O)O)C(C)C(=O)NC(C(C)C)C(=O)NC(C=CC(C)=CC(C)C(Cc2ccccc2)OC)C(C)C(=O)NC(C(=O)O)CCC(=O)N1C. The van der Waals surface area contributed by atoms with E-state index in [0.717, 1.165) is 16.0 Å². The van der Waals surface area contributed by atoms with Crippen LogP contribution in [0.5, 0.6) is 0 Å².